The van der Waals surface area contributed by atoms with Gasteiger partial charge in [-0.05, 0) is 109 Å². The number of aliphatic hydroxyl groups is 1. The molecule has 0 aromatic carbocycles. The van der Waals surface area contributed by atoms with Crippen LogP contribution in [0.15, 0.2) is 24.5 Å². The van der Waals surface area contributed by atoms with E-state index in [4.69, 9.17) is 18.6 Å². The number of rotatable bonds is 8. The topological polar surface area (TPSA) is 115 Å². The van der Waals surface area contributed by atoms with Crippen LogP contribution < -0.4 is 14.8 Å². The molecule has 0 unspecified atom stereocenters. The highest BCUT2D eigenvalue weighted by molar-refractivity contribution is 14.1. The minimum Gasteiger partial charge on any atom is -0.486 e. The van der Waals surface area contributed by atoms with Crippen molar-refractivity contribution in [1.29, 1.82) is 0 Å². The van der Waals surface area contributed by atoms with Crippen LogP contribution in [0.5, 0.6) is 11.5 Å². The predicted molar refractivity (Wildman–Crippen MR) is 198 cm³/mol. The summed E-state index contributed by atoms with van der Waals surface area (Å²) in [6, 6.07) is 3.17. The number of nitrogens with one attached hydrogen (secondary N) is 1. The zero-order valence-corrected chi connectivity index (χ0v) is 34.2. The minimum absolute atomic E-state index is 0. The van der Waals surface area contributed by atoms with Crippen LogP contribution in [-0.4, -0.2) is 90.6 Å². The van der Waals surface area contributed by atoms with Crippen molar-refractivity contribution in [3.63, 3.8) is 0 Å². The molecule has 16 heteroatoms. The number of hydrogen-bond acceptors (Lipinski definition) is 9. The fourth-order valence-corrected chi connectivity index (χ4v) is 7.04. The maximum absolute atomic E-state index is 14.1. The van der Waals surface area contributed by atoms with E-state index in [0.717, 1.165) is 0 Å². The molecule has 2 aromatic rings. The maximum atomic E-state index is 14.1. The predicted octanol–water partition coefficient (Wildman–Crippen LogP) is 6.95. The Labute approximate surface area is 311 Å². The van der Waals surface area contributed by atoms with Gasteiger partial charge in [0.25, 0.3) is 11.9 Å². The van der Waals surface area contributed by atoms with Gasteiger partial charge in [0, 0.05) is 31.5 Å². The molecule has 2 N–H and O–H groups in total. The monoisotopic (exact) mass is 926 g/mol. The van der Waals surface area contributed by atoms with Crippen molar-refractivity contribution >= 4 is 72.0 Å². The Balaban J connectivity index is 0.000000380. The Morgan fingerprint density at radius 3 is 1.98 bits per heavy atom. The number of aliphatic hydroxyl groups excluding tert-OH is 1. The van der Waals surface area contributed by atoms with E-state index < -0.39 is 31.9 Å². The molecule has 0 spiro atoms. The van der Waals surface area contributed by atoms with Crippen molar-refractivity contribution in [1.82, 2.24) is 20.2 Å². The minimum atomic E-state index is -2.01. The lowest BCUT2D eigenvalue weighted by Crippen LogP contribution is -2.45. The molecule has 4 atom stereocenters. The second-order valence-electron chi connectivity index (χ2n) is 14.0. The molecule has 266 valence electrons. The number of carbonyl (C=O) groups is 1. The third kappa shape index (κ3) is 12.6. The Hall–Kier alpha value is -1.12. The van der Waals surface area contributed by atoms with Crippen LogP contribution in [0.3, 0.4) is 0 Å². The lowest BCUT2D eigenvalue weighted by Gasteiger charge is -2.38. The normalized spacial score (nSPS) is 21.4. The van der Waals surface area contributed by atoms with Crippen molar-refractivity contribution < 1.29 is 37.3 Å². The fourth-order valence-electron chi connectivity index (χ4n) is 4.60. The zero-order valence-electron chi connectivity index (χ0n) is 28.1. The molecular weight excluding hydrogens is 880 g/mol. The number of β-amino-alcohol motifs (C(OH)–C–C–N with tert-alkyl or cyclic N) is 1. The third-order valence-corrected chi connectivity index (χ3v) is 14.2. The number of halogens is 5. The summed E-state index contributed by atoms with van der Waals surface area (Å²) < 4.78 is 52.0. The van der Waals surface area contributed by atoms with Gasteiger partial charge in [-0.2, -0.15) is 8.78 Å². The molecule has 2 aromatic heterocycles. The Kier molecular flexibility index (Phi) is 15.8. The van der Waals surface area contributed by atoms with Crippen LogP contribution in [-0.2, 0) is 9.16 Å². The molecule has 2 fully saturated rings. The average Bonchev–Trinajstić information content (AvgIpc) is 3.52. The molecule has 1 amide bonds. The standard InChI is InChI=1S/C21H34FIN2O4Si.C10H12FIN2O2.ClH/c1-20(2,3)28-19(26)25-12-15(29-30(7,8)21(4,5)6)11-14(25)13-27-17-16(23)9-10-24-18(17)22;11-10-9(8(12)1-2-13-10)16-5-6-3-7(15)4-14-6;/h9-10,14-15H,11-13H2,1-8H3;1-2,6-7,14-15H,3-5H2;1H/t14-,15-;6-,7-;/m00./s1. The first kappa shape index (κ1) is 42.0. The Bertz CT molecular complexity index is 1300. The molecule has 2 aliphatic heterocycles. The second kappa shape index (κ2) is 17.7. The lowest BCUT2D eigenvalue weighted by molar-refractivity contribution is 0.0173. The molecule has 0 aliphatic carbocycles. The molecule has 2 saturated heterocycles. The largest absolute Gasteiger partial charge is 0.486 e. The van der Waals surface area contributed by atoms with Gasteiger partial charge in [-0.25, -0.2) is 14.8 Å². The van der Waals surface area contributed by atoms with Crippen molar-refractivity contribution in [3.8, 4) is 11.5 Å². The van der Waals surface area contributed by atoms with E-state index in [1.54, 1.807) is 17.0 Å². The van der Waals surface area contributed by atoms with Gasteiger partial charge in [-0.15, -0.1) is 12.4 Å². The molecule has 4 heterocycles. The van der Waals surface area contributed by atoms with E-state index in [1.807, 2.05) is 66.0 Å². The molecule has 0 saturated carbocycles. The van der Waals surface area contributed by atoms with E-state index in [2.05, 4.69) is 49.1 Å². The molecule has 47 heavy (non-hydrogen) atoms. The molecule has 0 radical (unpaired) electrons. The van der Waals surface area contributed by atoms with Crippen LogP contribution in [0.4, 0.5) is 13.6 Å². The van der Waals surface area contributed by atoms with Gasteiger partial charge >= 0.3 is 6.09 Å². The third-order valence-electron chi connectivity index (χ3n) is 7.95. The molecule has 10 nitrogen and oxygen atoms in total. The zero-order chi connectivity index (χ0) is 34.4. The van der Waals surface area contributed by atoms with Crippen molar-refractivity contribution in [2.24, 2.45) is 0 Å². The average molecular weight is 927 g/mol. The van der Waals surface area contributed by atoms with Gasteiger partial charge in [0.05, 0.1) is 25.4 Å². The number of likely N-dealkylation sites (tertiary alicyclic amines) is 1. The summed E-state index contributed by atoms with van der Waals surface area (Å²) in [4.78, 5) is 21.7. The van der Waals surface area contributed by atoms with Crippen LogP contribution in [0.2, 0.25) is 18.1 Å². The number of carbonyl (C=O) groups excluding carboxylic acids is 1. The number of hydrogen-bond donors (Lipinski definition) is 2. The Morgan fingerprint density at radius 1 is 1.00 bits per heavy atom. The van der Waals surface area contributed by atoms with Crippen molar-refractivity contribution in [2.75, 3.05) is 26.3 Å². The molecular formula is C31H47ClF2I2N4O6Si. The Morgan fingerprint density at radius 2 is 1.53 bits per heavy atom. The van der Waals surface area contributed by atoms with Gasteiger partial charge < -0.3 is 29.1 Å². The van der Waals surface area contributed by atoms with Crippen LogP contribution in [0.25, 0.3) is 0 Å². The summed E-state index contributed by atoms with van der Waals surface area (Å²) in [5.41, 5.74) is -0.605. The highest BCUT2D eigenvalue weighted by Gasteiger charge is 2.44. The number of aromatic nitrogens is 2. The van der Waals surface area contributed by atoms with Crippen LogP contribution >= 0.6 is 57.6 Å². The van der Waals surface area contributed by atoms with Gasteiger partial charge in [0.15, 0.2) is 19.8 Å². The smallest absolute Gasteiger partial charge is 0.410 e. The quantitative estimate of drug-likeness (QED) is 0.165. The first-order chi connectivity index (χ1) is 21.3. The van der Waals surface area contributed by atoms with Crippen LogP contribution in [0, 0.1) is 19.0 Å². The summed E-state index contributed by atoms with van der Waals surface area (Å²) in [7, 11) is -2.01. The number of ether oxygens (including phenoxy) is 3. The summed E-state index contributed by atoms with van der Waals surface area (Å²) in [5, 5.41) is 12.5. The van der Waals surface area contributed by atoms with E-state index in [0.29, 0.717) is 39.7 Å². The number of amides is 1. The highest BCUT2D eigenvalue weighted by Crippen LogP contribution is 2.39. The second-order valence-corrected chi connectivity index (χ2v) is 21.0. The SMILES string of the molecule is CC(C)(C)OC(=O)N1C[C@@H](O[Si](C)(C)C(C)(C)C)C[C@H]1COc1c(I)ccnc1F.Cl.O[C@@H]1CN[C@H](COc2c(I)ccnc2F)C1. The summed E-state index contributed by atoms with van der Waals surface area (Å²) >= 11 is 4.01. The maximum Gasteiger partial charge on any atom is 0.410 e. The summed E-state index contributed by atoms with van der Waals surface area (Å²) in [5.74, 6) is -0.953. The van der Waals surface area contributed by atoms with E-state index >= 15 is 0 Å². The number of pyridine rings is 2. The van der Waals surface area contributed by atoms with E-state index in [9.17, 15) is 18.7 Å². The van der Waals surface area contributed by atoms with Crippen molar-refractivity contribution in [3.05, 3.63) is 43.6 Å². The molecule has 0 bridgehead atoms. The van der Waals surface area contributed by atoms with E-state index in [1.165, 1.54) is 12.4 Å². The summed E-state index contributed by atoms with van der Waals surface area (Å²) in [6.45, 7) is 18.0. The molecule has 2 aliphatic rings. The first-order valence-electron chi connectivity index (χ1n) is 15.2. The van der Waals surface area contributed by atoms with Crippen LogP contribution in [0.1, 0.15) is 54.4 Å². The van der Waals surface area contributed by atoms with E-state index in [-0.39, 0.29) is 59.8 Å². The van der Waals surface area contributed by atoms with Gasteiger partial charge in [-0.1, -0.05) is 20.8 Å². The van der Waals surface area contributed by atoms with Gasteiger partial charge in [0.1, 0.15) is 18.8 Å². The molecule has 4 rings (SSSR count). The highest BCUT2D eigenvalue weighted by atomic mass is 127. The summed E-state index contributed by atoms with van der Waals surface area (Å²) in [6.07, 6.45) is 3.22. The van der Waals surface area contributed by atoms with Gasteiger partial charge in [-0.3, -0.25) is 4.90 Å². The van der Waals surface area contributed by atoms with Crippen molar-refractivity contribution in [2.45, 2.75) is 102 Å². The lowest BCUT2D eigenvalue weighted by atomic mass is 10.2. The van der Waals surface area contributed by atoms with Gasteiger partial charge in [0.2, 0.25) is 0 Å². The number of nitrogens with zero attached hydrogens (tertiary/aromatic N) is 3. The first-order valence-corrected chi connectivity index (χ1v) is 20.3. The fraction of sp³-hybridized carbons (Fsp3) is 0.645.